The zero-order valence-corrected chi connectivity index (χ0v) is 18.3. The minimum Gasteiger partial charge on any atom is -0.357 e. The lowest BCUT2D eigenvalue weighted by atomic mass is 9.89. The normalized spacial score (nSPS) is 16.4. The van der Waals surface area contributed by atoms with Crippen LogP contribution in [-0.4, -0.2) is 35.9 Å². The molecule has 1 aliphatic rings. The summed E-state index contributed by atoms with van der Waals surface area (Å²) in [5.41, 5.74) is 2.72. The molecule has 1 unspecified atom stereocenters. The second kappa shape index (κ2) is 10.5. The summed E-state index contributed by atoms with van der Waals surface area (Å²) < 4.78 is 0. The van der Waals surface area contributed by atoms with Crippen LogP contribution in [0.5, 0.6) is 0 Å². The number of benzene rings is 1. The minimum atomic E-state index is 0.274. The lowest BCUT2D eigenvalue weighted by molar-refractivity contribution is -0.128. The second-order valence-corrected chi connectivity index (χ2v) is 9.08. The Labute approximate surface area is 171 Å². The fourth-order valence-corrected chi connectivity index (χ4v) is 3.29. The van der Waals surface area contributed by atoms with Crippen LogP contribution >= 0.6 is 0 Å². The third kappa shape index (κ3) is 7.91. The molecule has 1 saturated heterocycles. The topological polar surface area (TPSA) is 56.7 Å². The Morgan fingerprint density at radius 2 is 1.89 bits per heavy atom. The van der Waals surface area contributed by atoms with Gasteiger partial charge in [-0.2, -0.15) is 0 Å². The average molecular weight is 387 g/mol. The summed E-state index contributed by atoms with van der Waals surface area (Å²) in [7, 11) is 0. The molecular weight excluding hydrogens is 348 g/mol. The Kier molecular flexibility index (Phi) is 8.34. The number of rotatable bonds is 8. The Bertz CT molecular complexity index is 646. The predicted octanol–water partition coefficient (Wildman–Crippen LogP) is 4.08. The molecule has 1 aromatic rings. The molecule has 1 atom stereocenters. The van der Waals surface area contributed by atoms with Crippen molar-refractivity contribution in [1.82, 2.24) is 15.5 Å². The molecule has 1 aromatic carbocycles. The Balaban J connectivity index is 1.88. The predicted molar refractivity (Wildman–Crippen MR) is 117 cm³/mol. The van der Waals surface area contributed by atoms with E-state index in [2.05, 4.69) is 69.5 Å². The lowest BCUT2D eigenvalue weighted by Crippen LogP contribution is -2.42. The van der Waals surface area contributed by atoms with Crippen LogP contribution in [0.15, 0.2) is 29.3 Å². The van der Waals surface area contributed by atoms with Gasteiger partial charge in [-0.1, -0.05) is 45.0 Å². The van der Waals surface area contributed by atoms with Crippen LogP contribution in [0.3, 0.4) is 0 Å². The average Bonchev–Trinajstić information content (AvgIpc) is 3.03. The van der Waals surface area contributed by atoms with Gasteiger partial charge in [-0.25, -0.2) is 4.99 Å². The molecule has 0 radical (unpaired) electrons. The van der Waals surface area contributed by atoms with Gasteiger partial charge in [0, 0.05) is 32.1 Å². The van der Waals surface area contributed by atoms with Gasteiger partial charge >= 0.3 is 0 Å². The summed E-state index contributed by atoms with van der Waals surface area (Å²) in [5, 5.41) is 6.86. The van der Waals surface area contributed by atoms with Gasteiger partial charge in [0.1, 0.15) is 0 Å². The maximum Gasteiger partial charge on any atom is 0.222 e. The molecule has 2 N–H and O–H groups in total. The summed E-state index contributed by atoms with van der Waals surface area (Å²) in [6, 6.07) is 8.85. The van der Waals surface area contributed by atoms with Gasteiger partial charge in [0.05, 0.1) is 6.54 Å². The molecule has 1 aliphatic heterocycles. The number of carbonyl (C=O) groups is 1. The largest absolute Gasteiger partial charge is 0.357 e. The Hall–Kier alpha value is -2.04. The van der Waals surface area contributed by atoms with Gasteiger partial charge in [-0.05, 0) is 49.7 Å². The molecule has 0 spiro atoms. The van der Waals surface area contributed by atoms with Crippen molar-refractivity contribution in [2.45, 2.75) is 79.4 Å². The van der Waals surface area contributed by atoms with E-state index >= 15 is 0 Å². The van der Waals surface area contributed by atoms with Crippen LogP contribution < -0.4 is 10.6 Å². The molecule has 2 rings (SSSR count). The highest BCUT2D eigenvalue weighted by molar-refractivity contribution is 5.80. The van der Waals surface area contributed by atoms with E-state index in [9.17, 15) is 4.79 Å². The van der Waals surface area contributed by atoms with E-state index in [1.165, 1.54) is 17.5 Å². The molecule has 5 heteroatoms. The molecule has 1 amide bonds. The highest BCUT2D eigenvalue weighted by atomic mass is 16.2. The molecule has 0 aromatic heterocycles. The Morgan fingerprint density at radius 3 is 2.46 bits per heavy atom. The van der Waals surface area contributed by atoms with E-state index in [1.54, 1.807) is 0 Å². The summed E-state index contributed by atoms with van der Waals surface area (Å²) in [6.07, 6.45) is 3.99. The van der Waals surface area contributed by atoms with Crippen LogP contribution in [0.25, 0.3) is 0 Å². The van der Waals surface area contributed by atoms with Crippen molar-refractivity contribution in [3.63, 3.8) is 0 Å². The minimum absolute atomic E-state index is 0.274. The van der Waals surface area contributed by atoms with Crippen molar-refractivity contribution >= 4 is 11.9 Å². The first-order valence-corrected chi connectivity index (χ1v) is 10.7. The monoisotopic (exact) mass is 386 g/mol. The fourth-order valence-electron chi connectivity index (χ4n) is 3.29. The summed E-state index contributed by atoms with van der Waals surface area (Å²) >= 11 is 0. The van der Waals surface area contributed by atoms with Crippen molar-refractivity contribution in [2.24, 2.45) is 10.4 Å². The van der Waals surface area contributed by atoms with Crippen molar-refractivity contribution < 1.29 is 4.79 Å². The van der Waals surface area contributed by atoms with Crippen molar-refractivity contribution in [3.8, 4) is 0 Å². The van der Waals surface area contributed by atoms with Crippen LogP contribution in [0.1, 0.15) is 71.4 Å². The number of nitrogens with zero attached hydrogens (tertiary/aromatic N) is 2. The van der Waals surface area contributed by atoms with Crippen LogP contribution in [0.4, 0.5) is 0 Å². The number of aliphatic imine (C=N–C) groups is 1. The summed E-state index contributed by atoms with van der Waals surface area (Å²) in [4.78, 5) is 18.5. The summed E-state index contributed by atoms with van der Waals surface area (Å²) in [5.74, 6) is 1.14. The number of hydrogen-bond acceptors (Lipinski definition) is 2. The number of guanidine groups is 1. The maximum atomic E-state index is 11.8. The van der Waals surface area contributed by atoms with E-state index in [1.807, 2.05) is 4.90 Å². The molecule has 28 heavy (non-hydrogen) atoms. The number of amides is 1. The van der Waals surface area contributed by atoms with Gasteiger partial charge in [0.15, 0.2) is 5.96 Å². The van der Waals surface area contributed by atoms with Gasteiger partial charge in [0.25, 0.3) is 0 Å². The van der Waals surface area contributed by atoms with Gasteiger partial charge in [0.2, 0.25) is 5.91 Å². The second-order valence-electron chi connectivity index (χ2n) is 9.08. The molecule has 5 nitrogen and oxygen atoms in total. The van der Waals surface area contributed by atoms with E-state index in [0.717, 1.165) is 38.4 Å². The third-order valence-corrected chi connectivity index (χ3v) is 5.04. The Morgan fingerprint density at radius 1 is 1.21 bits per heavy atom. The zero-order valence-electron chi connectivity index (χ0n) is 18.3. The first kappa shape index (κ1) is 22.3. The van der Waals surface area contributed by atoms with Gasteiger partial charge in [-0.15, -0.1) is 0 Å². The first-order valence-electron chi connectivity index (χ1n) is 10.7. The third-order valence-electron chi connectivity index (χ3n) is 5.04. The SMILES string of the molecule is CCNC(=NCc1ccc(CN2CCCC2=O)cc1)NC(C)CCC(C)(C)C. The van der Waals surface area contributed by atoms with Crippen molar-refractivity contribution in [3.05, 3.63) is 35.4 Å². The lowest BCUT2D eigenvalue weighted by Gasteiger charge is -2.23. The van der Waals surface area contributed by atoms with Gasteiger partial charge in [-0.3, -0.25) is 4.79 Å². The van der Waals surface area contributed by atoms with Crippen molar-refractivity contribution in [1.29, 1.82) is 0 Å². The molecule has 0 saturated carbocycles. The van der Waals surface area contributed by atoms with E-state index in [4.69, 9.17) is 4.99 Å². The van der Waals surface area contributed by atoms with Gasteiger partial charge < -0.3 is 15.5 Å². The number of likely N-dealkylation sites (tertiary alicyclic amines) is 1. The highest BCUT2D eigenvalue weighted by Crippen LogP contribution is 2.21. The molecule has 1 fully saturated rings. The van der Waals surface area contributed by atoms with E-state index < -0.39 is 0 Å². The first-order chi connectivity index (χ1) is 13.3. The van der Waals surface area contributed by atoms with Crippen LogP contribution in [0, 0.1) is 5.41 Å². The number of nitrogens with one attached hydrogen (secondary N) is 2. The van der Waals surface area contributed by atoms with E-state index in [0.29, 0.717) is 24.4 Å². The molecule has 1 heterocycles. The van der Waals surface area contributed by atoms with E-state index in [-0.39, 0.29) is 5.91 Å². The van der Waals surface area contributed by atoms with Crippen molar-refractivity contribution in [2.75, 3.05) is 13.1 Å². The number of hydrogen-bond donors (Lipinski definition) is 2. The molecular formula is C23H38N4O. The standard InChI is InChI=1S/C23H38N4O/c1-6-24-22(26-18(2)13-14-23(3,4)5)25-16-19-9-11-20(12-10-19)17-27-15-7-8-21(27)28/h9-12,18H,6-8,13-17H2,1-5H3,(H2,24,25,26). The molecule has 0 aliphatic carbocycles. The smallest absolute Gasteiger partial charge is 0.222 e. The number of carbonyl (C=O) groups excluding carboxylic acids is 1. The fraction of sp³-hybridized carbons (Fsp3) is 0.652. The molecule has 0 bridgehead atoms. The van der Waals surface area contributed by atoms with Crippen LogP contribution in [-0.2, 0) is 17.9 Å². The van der Waals surface area contributed by atoms with Crippen LogP contribution in [0.2, 0.25) is 0 Å². The quantitative estimate of drug-likeness (QED) is 0.523. The maximum absolute atomic E-state index is 11.8. The molecule has 156 valence electrons. The summed E-state index contributed by atoms with van der Waals surface area (Å²) in [6.45, 7) is 14.2. The zero-order chi connectivity index (χ0) is 20.6. The highest BCUT2D eigenvalue weighted by Gasteiger charge is 2.19.